The smallest absolute Gasteiger partial charge is 0.158 e. The van der Waals surface area contributed by atoms with Crippen molar-refractivity contribution in [2.24, 2.45) is 0 Å². The second-order valence-electron chi connectivity index (χ2n) is 4.10. The summed E-state index contributed by atoms with van der Waals surface area (Å²) in [6, 6.07) is 0. The van der Waals surface area contributed by atoms with Gasteiger partial charge in [0.1, 0.15) is 6.10 Å². The first-order chi connectivity index (χ1) is 7.79. The lowest BCUT2D eigenvalue weighted by atomic mass is 10.2. The fraction of sp³-hybridized carbons (Fsp3) is 0.636. The molecular weight excluding hydrogens is 204 g/mol. The van der Waals surface area contributed by atoms with Crippen LogP contribution in [0.4, 0.5) is 0 Å². The summed E-state index contributed by atoms with van der Waals surface area (Å²) < 4.78 is 5.65. The molecule has 0 amide bonds. The number of ether oxygens (including phenoxy) is 1. The molecule has 5 nitrogen and oxygen atoms in total. The van der Waals surface area contributed by atoms with Crippen LogP contribution in [-0.2, 0) is 11.3 Å². The van der Waals surface area contributed by atoms with Crippen molar-refractivity contribution in [2.75, 3.05) is 33.8 Å². The number of aromatic nitrogens is 2. The van der Waals surface area contributed by atoms with Crippen molar-refractivity contribution < 1.29 is 4.74 Å². The molecule has 1 unspecified atom stereocenters. The van der Waals surface area contributed by atoms with Gasteiger partial charge in [0, 0.05) is 37.6 Å². The van der Waals surface area contributed by atoms with Crippen molar-refractivity contribution in [1.82, 2.24) is 20.2 Å². The van der Waals surface area contributed by atoms with E-state index in [0.717, 1.165) is 37.6 Å². The van der Waals surface area contributed by atoms with Gasteiger partial charge >= 0.3 is 0 Å². The van der Waals surface area contributed by atoms with E-state index in [2.05, 4.69) is 27.2 Å². The first-order valence-electron chi connectivity index (χ1n) is 5.55. The lowest BCUT2D eigenvalue weighted by Crippen LogP contribution is -2.36. The number of nitrogens with one attached hydrogen (secondary N) is 1. The lowest BCUT2D eigenvalue weighted by Gasteiger charge is -2.28. The molecular formula is C11H18N4O. The van der Waals surface area contributed by atoms with Crippen molar-refractivity contribution >= 4 is 0 Å². The Hall–Kier alpha value is -1.04. The predicted octanol–water partition coefficient (Wildman–Crippen LogP) is 0.199. The van der Waals surface area contributed by atoms with E-state index in [4.69, 9.17) is 4.74 Å². The third-order valence-electron chi connectivity index (χ3n) is 2.66. The Bertz CT molecular complexity index is 327. The topological polar surface area (TPSA) is 50.3 Å². The van der Waals surface area contributed by atoms with Crippen LogP contribution in [0.1, 0.15) is 17.5 Å². The summed E-state index contributed by atoms with van der Waals surface area (Å²) in [7, 11) is 4.00. The Morgan fingerprint density at radius 3 is 2.88 bits per heavy atom. The number of likely N-dealkylation sites (N-methyl/N-ethyl adjacent to an activating group) is 1. The second kappa shape index (κ2) is 5.34. The molecule has 0 aliphatic carbocycles. The zero-order valence-corrected chi connectivity index (χ0v) is 9.81. The molecule has 1 saturated heterocycles. The van der Waals surface area contributed by atoms with Gasteiger partial charge in [-0.3, -0.25) is 0 Å². The molecule has 0 bridgehead atoms. The van der Waals surface area contributed by atoms with Gasteiger partial charge in [-0.2, -0.15) is 0 Å². The minimum atomic E-state index is 0.0161. The highest BCUT2D eigenvalue weighted by atomic mass is 16.5. The zero-order valence-electron chi connectivity index (χ0n) is 9.81. The fourth-order valence-corrected chi connectivity index (χ4v) is 1.76. The van der Waals surface area contributed by atoms with Crippen molar-refractivity contribution in [3.8, 4) is 0 Å². The molecule has 0 saturated carbocycles. The largest absolute Gasteiger partial charge is 0.368 e. The molecule has 0 aromatic carbocycles. The highest BCUT2D eigenvalue weighted by Gasteiger charge is 2.21. The van der Waals surface area contributed by atoms with Crippen LogP contribution in [0.5, 0.6) is 0 Å². The molecule has 2 rings (SSSR count). The number of nitrogens with zero attached hydrogens (tertiary/aromatic N) is 3. The van der Waals surface area contributed by atoms with Gasteiger partial charge in [-0.1, -0.05) is 0 Å². The molecule has 1 N–H and O–H groups in total. The van der Waals surface area contributed by atoms with Gasteiger partial charge in [-0.15, -0.1) is 0 Å². The van der Waals surface area contributed by atoms with E-state index in [0.29, 0.717) is 0 Å². The standard InChI is InChI=1S/C11H18N4O/c1-12-5-9-6-13-11(14-7-9)10-8-15(2)3-4-16-10/h6-7,10,12H,3-5,8H2,1-2H3. The van der Waals surface area contributed by atoms with E-state index >= 15 is 0 Å². The predicted molar refractivity (Wildman–Crippen MR) is 61.0 cm³/mol. The molecule has 88 valence electrons. The van der Waals surface area contributed by atoms with Crippen molar-refractivity contribution in [1.29, 1.82) is 0 Å². The molecule has 1 aliphatic rings. The Morgan fingerprint density at radius 2 is 2.25 bits per heavy atom. The third-order valence-corrected chi connectivity index (χ3v) is 2.66. The normalized spacial score (nSPS) is 22.2. The SMILES string of the molecule is CNCc1cnc(C2CN(C)CCO2)nc1. The molecule has 1 aromatic rings. The molecule has 0 spiro atoms. The maximum absolute atomic E-state index is 5.65. The van der Waals surface area contributed by atoms with E-state index in [1.165, 1.54) is 0 Å². The van der Waals surface area contributed by atoms with Gasteiger partial charge in [0.25, 0.3) is 0 Å². The van der Waals surface area contributed by atoms with Gasteiger partial charge in [0.2, 0.25) is 0 Å². The Morgan fingerprint density at radius 1 is 1.50 bits per heavy atom. The van der Waals surface area contributed by atoms with Crippen LogP contribution in [0.15, 0.2) is 12.4 Å². The van der Waals surface area contributed by atoms with Gasteiger partial charge in [-0.25, -0.2) is 9.97 Å². The summed E-state index contributed by atoms with van der Waals surface area (Å²) in [5.74, 6) is 0.784. The maximum Gasteiger partial charge on any atom is 0.158 e. The highest BCUT2D eigenvalue weighted by molar-refractivity contribution is 5.06. The Kier molecular flexibility index (Phi) is 3.82. The van der Waals surface area contributed by atoms with Crippen LogP contribution in [0.25, 0.3) is 0 Å². The molecule has 0 radical (unpaired) electrons. The molecule has 1 atom stereocenters. The number of hydrogen-bond donors (Lipinski definition) is 1. The first kappa shape index (κ1) is 11.4. The molecule has 16 heavy (non-hydrogen) atoms. The van der Waals surface area contributed by atoms with Crippen LogP contribution in [0.2, 0.25) is 0 Å². The van der Waals surface area contributed by atoms with E-state index in [1.807, 2.05) is 19.4 Å². The molecule has 1 fully saturated rings. The first-order valence-corrected chi connectivity index (χ1v) is 5.55. The average Bonchev–Trinajstić information content (AvgIpc) is 2.30. The lowest BCUT2D eigenvalue weighted by molar-refractivity contribution is -0.0255. The average molecular weight is 222 g/mol. The van der Waals surface area contributed by atoms with E-state index in [9.17, 15) is 0 Å². The monoisotopic (exact) mass is 222 g/mol. The Labute approximate surface area is 95.8 Å². The second-order valence-corrected chi connectivity index (χ2v) is 4.10. The van der Waals surface area contributed by atoms with E-state index < -0.39 is 0 Å². The highest BCUT2D eigenvalue weighted by Crippen LogP contribution is 2.17. The summed E-state index contributed by atoms with van der Waals surface area (Å²) >= 11 is 0. The summed E-state index contributed by atoms with van der Waals surface area (Å²) in [5.41, 5.74) is 1.09. The molecule has 5 heteroatoms. The van der Waals surface area contributed by atoms with Gasteiger partial charge in [0.05, 0.1) is 6.61 Å². The summed E-state index contributed by atoms with van der Waals surface area (Å²) in [6.07, 6.45) is 3.73. The minimum Gasteiger partial charge on any atom is -0.368 e. The van der Waals surface area contributed by atoms with Crippen LogP contribution < -0.4 is 5.32 Å². The molecule has 2 heterocycles. The fourth-order valence-electron chi connectivity index (χ4n) is 1.76. The van der Waals surface area contributed by atoms with E-state index in [-0.39, 0.29) is 6.10 Å². The number of rotatable bonds is 3. The van der Waals surface area contributed by atoms with Crippen molar-refractivity contribution in [3.05, 3.63) is 23.8 Å². The molecule has 1 aliphatic heterocycles. The molecule has 1 aromatic heterocycles. The van der Waals surface area contributed by atoms with Crippen LogP contribution in [-0.4, -0.2) is 48.7 Å². The van der Waals surface area contributed by atoms with Crippen molar-refractivity contribution in [3.63, 3.8) is 0 Å². The number of hydrogen-bond acceptors (Lipinski definition) is 5. The van der Waals surface area contributed by atoms with Crippen molar-refractivity contribution in [2.45, 2.75) is 12.6 Å². The van der Waals surface area contributed by atoms with Gasteiger partial charge < -0.3 is 15.0 Å². The van der Waals surface area contributed by atoms with Crippen LogP contribution in [0.3, 0.4) is 0 Å². The quantitative estimate of drug-likeness (QED) is 0.791. The summed E-state index contributed by atoms with van der Waals surface area (Å²) in [5, 5.41) is 3.07. The Balaban J connectivity index is 2.03. The van der Waals surface area contributed by atoms with Gasteiger partial charge in [0.15, 0.2) is 5.82 Å². The van der Waals surface area contributed by atoms with Crippen LogP contribution in [0, 0.1) is 0 Å². The maximum atomic E-state index is 5.65. The zero-order chi connectivity index (χ0) is 11.4. The number of morpholine rings is 1. The third kappa shape index (κ3) is 2.75. The summed E-state index contributed by atoms with van der Waals surface area (Å²) in [4.78, 5) is 10.9. The van der Waals surface area contributed by atoms with Crippen LogP contribution >= 0.6 is 0 Å². The van der Waals surface area contributed by atoms with Gasteiger partial charge in [-0.05, 0) is 14.1 Å². The van der Waals surface area contributed by atoms with E-state index in [1.54, 1.807) is 0 Å². The summed E-state index contributed by atoms with van der Waals surface area (Å²) in [6.45, 7) is 3.40. The minimum absolute atomic E-state index is 0.0161.